The van der Waals surface area contributed by atoms with E-state index in [1.165, 1.54) is 38.5 Å². The molecule has 0 unspecified atom stereocenters. The molecule has 0 N–H and O–H groups in total. The first-order valence-electron chi connectivity index (χ1n) is 8.90. The van der Waals surface area contributed by atoms with Gasteiger partial charge in [-0.05, 0) is 32.6 Å². The first-order chi connectivity index (χ1) is 10.8. The van der Waals surface area contributed by atoms with Crippen LogP contribution in [0.2, 0.25) is 0 Å². The van der Waals surface area contributed by atoms with E-state index < -0.39 is 0 Å². The minimum atomic E-state index is -0.168. The van der Waals surface area contributed by atoms with E-state index in [4.69, 9.17) is 4.74 Å². The lowest BCUT2D eigenvalue weighted by molar-refractivity contribution is -0.158. The van der Waals surface area contributed by atoms with E-state index >= 15 is 0 Å². The van der Waals surface area contributed by atoms with Gasteiger partial charge >= 0.3 is 5.97 Å². The molecule has 1 aliphatic carbocycles. The molecule has 1 heterocycles. The summed E-state index contributed by atoms with van der Waals surface area (Å²) >= 11 is 0. The Balaban J connectivity index is 1.68. The molecule has 1 saturated carbocycles. The van der Waals surface area contributed by atoms with Gasteiger partial charge in [-0.2, -0.15) is 0 Å². The van der Waals surface area contributed by atoms with Gasteiger partial charge in [-0.3, -0.25) is 4.79 Å². The van der Waals surface area contributed by atoms with Crippen molar-refractivity contribution in [3.63, 3.8) is 0 Å². The SMILES string of the molecule is CCOC(=O)C1(CCCCCCn2ccnc2)CCCCC1. The Morgan fingerprint density at radius 1 is 1.18 bits per heavy atom. The Bertz CT molecular complexity index is 422. The minimum Gasteiger partial charge on any atom is -0.466 e. The maximum Gasteiger partial charge on any atom is 0.312 e. The molecule has 0 bridgehead atoms. The lowest BCUT2D eigenvalue weighted by atomic mass is 9.71. The van der Waals surface area contributed by atoms with Gasteiger partial charge < -0.3 is 9.30 Å². The Kier molecular flexibility index (Phi) is 6.94. The number of nitrogens with zero attached hydrogens (tertiary/aromatic N) is 2. The van der Waals surface area contributed by atoms with Crippen LogP contribution in [0, 0.1) is 5.41 Å². The summed E-state index contributed by atoms with van der Waals surface area (Å²) in [5.41, 5.74) is -0.168. The molecule has 0 saturated heterocycles. The number of carbonyl (C=O) groups excluding carboxylic acids is 1. The zero-order valence-electron chi connectivity index (χ0n) is 13.9. The number of aryl methyl sites for hydroxylation is 1. The average molecular weight is 306 g/mol. The first kappa shape index (κ1) is 17.0. The molecule has 2 rings (SSSR count). The highest BCUT2D eigenvalue weighted by Crippen LogP contribution is 2.41. The van der Waals surface area contributed by atoms with Crippen molar-refractivity contribution >= 4 is 5.97 Å². The molecule has 4 heteroatoms. The van der Waals surface area contributed by atoms with E-state index in [-0.39, 0.29) is 11.4 Å². The van der Waals surface area contributed by atoms with Gasteiger partial charge in [-0.1, -0.05) is 38.5 Å². The maximum atomic E-state index is 12.4. The van der Waals surface area contributed by atoms with E-state index in [0.29, 0.717) is 6.61 Å². The molecule has 0 aromatic carbocycles. The van der Waals surface area contributed by atoms with Crippen LogP contribution in [0.25, 0.3) is 0 Å². The fourth-order valence-electron chi connectivity index (χ4n) is 3.60. The Morgan fingerprint density at radius 3 is 2.64 bits per heavy atom. The molecular weight excluding hydrogens is 276 g/mol. The predicted molar refractivity (Wildman–Crippen MR) is 87.5 cm³/mol. The standard InChI is InChI=1S/C18H30N2O2/c1-2-22-17(21)18(11-7-5-8-12-18)10-6-3-4-9-14-20-15-13-19-16-20/h13,15-16H,2-12,14H2,1H3. The highest BCUT2D eigenvalue weighted by Gasteiger charge is 2.39. The highest BCUT2D eigenvalue weighted by atomic mass is 16.5. The van der Waals surface area contributed by atoms with Crippen LogP contribution < -0.4 is 0 Å². The van der Waals surface area contributed by atoms with Crippen molar-refractivity contribution in [2.24, 2.45) is 5.41 Å². The highest BCUT2D eigenvalue weighted by molar-refractivity contribution is 5.76. The third kappa shape index (κ3) is 4.85. The number of aromatic nitrogens is 2. The number of hydrogen-bond acceptors (Lipinski definition) is 3. The van der Waals surface area contributed by atoms with Gasteiger partial charge in [0.15, 0.2) is 0 Å². The summed E-state index contributed by atoms with van der Waals surface area (Å²) in [6.45, 7) is 3.46. The van der Waals surface area contributed by atoms with Gasteiger partial charge in [-0.15, -0.1) is 0 Å². The van der Waals surface area contributed by atoms with Gasteiger partial charge in [0.2, 0.25) is 0 Å². The average Bonchev–Trinajstić information content (AvgIpc) is 3.05. The largest absolute Gasteiger partial charge is 0.466 e. The summed E-state index contributed by atoms with van der Waals surface area (Å²) in [5, 5.41) is 0. The van der Waals surface area contributed by atoms with Gasteiger partial charge in [0.25, 0.3) is 0 Å². The smallest absolute Gasteiger partial charge is 0.312 e. The Morgan fingerprint density at radius 2 is 1.95 bits per heavy atom. The van der Waals surface area contributed by atoms with Crippen molar-refractivity contribution in [2.45, 2.75) is 77.7 Å². The number of hydrogen-bond donors (Lipinski definition) is 0. The normalized spacial score (nSPS) is 17.3. The molecule has 0 radical (unpaired) electrons. The predicted octanol–water partition coefficient (Wildman–Crippen LogP) is 4.35. The molecule has 124 valence electrons. The van der Waals surface area contributed by atoms with E-state index in [1.54, 1.807) is 0 Å². The zero-order chi connectivity index (χ0) is 15.7. The molecule has 0 spiro atoms. The molecule has 22 heavy (non-hydrogen) atoms. The van der Waals surface area contributed by atoms with Crippen molar-refractivity contribution in [3.05, 3.63) is 18.7 Å². The molecule has 1 aromatic heterocycles. The number of carbonyl (C=O) groups is 1. The summed E-state index contributed by atoms with van der Waals surface area (Å²) in [4.78, 5) is 16.4. The second-order valence-corrected chi connectivity index (χ2v) is 6.53. The van der Waals surface area contributed by atoms with Crippen molar-refractivity contribution < 1.29 is 9.53 Å². The molecule has 4 nitrogen and oxygen atoms in total. The van der Waals surface area contributed by atoms with E-state index in [0.717, 1.165) is 32.2 Å². The van der Waals surface area contributed by atoms with Crippen LogP contribution >= 0.6 is 0 Å². The summed E-state index contributed by atoms with van der Waals surface area (Å²) in [5.74, 6) is 0.0631. The Labute approximate surface area is 134 Å². The maximum absolute atomic E-state index is 12.4. The number of unbranched alkanes of at least 4 members (excludes halogenated alkanes) is 3. The lowest BCUT2D eigenvalue weighted by Gasteiger charge is -2.35. The quantitative estimate of drug-likeness (QED) is 0.503. The van der Waals surface area contributed by atoms with E-state index in [9.17, 15) is 4.79 Å². The molecule has 0 aliphatic heterocycles. The lowest BCUT2D eigenvalue weighted by Crippen LogP contribution is -2.35. The van der Waals surface area contributed by atoms with Crippen molar-refractivity contribution in [3.8, 4) is 0 Å². The third-order valence-electron chi connectivity index (χ3n) is 4.90. The monoisotopic (exact) mass is 306 g/mol. The summed E-state index contributed by atoms with van der Waals surface area (Å²) in [7, 11) is 0. The van der Waals surface area contributed by atoms with Crippen LogP contribution in [0.4, 0.5) is 0 Å². The molecule has 1 aliphatic rings. The first-order valence-corrected chi connectivity index (χ1v) is 8.90. The Hall–Kier alpha value is -1.32. The summed E-state index contributed by atoms with van der Waals surface area (Å²) in [6, 6.07) is 0. The van der Waals surface area contributed by atoms with Crippen LogP contribution in [0.1, 0.15) is 71.1 Å². The number of esters is 1. The second kappa shape index (κ2) is 8.96. The van der Waals surface area contributed by atoms with Crippen LogP contribution in [0.3, 0.4) is 0 Å². The van der Waals surface area contributed by atoms with Gasteiger partial charge in [0.1, 0.15) is 0 Å². The molecule has 0 atom stereocenters. The van der Waals surface area contributed by atoms with Crippen molar-refractivity contribution in [1.29, 1.82) is 0 Å². The van der Waals surface area contributed by atoms with E-state index in [2.05, 4.69) is 9.55 Å². The van der Waals surface area contributed by atoms with Crippen molar-refractivity contribution in [2.75, 3.05) is 6.61 Å². The number of ether oxygens (including phenoxy) is 1. The number of imidazole rings is 1. The van der Waals surface area contributed by atoms with Gasteiger partial charge in [0.05, 0.1) is 18.3 Å². The fraction of sp³-hybridized carbons (Fsp3) is 0.778. The minimum absolute atomic E-state index is 0.0631. The summed E-state index contributed by atoms with van der Waals surface area (Å²) in [6.07, 6.45) is 17.2. The van der Waals surface area contributed by atoms with Crippen LogP contribution in [0.5, 0.6) is 0 Å². The second-order valence-electron chi connectivity index (χ2n) is 6.53. The third-order valence-corrected chi connectivity index (χ3v) is 4.90. The summed E-state index contributed by atoms with van der Waals surface area (Å²) < 4.78 is 7.49. The number of rotatable bonds is 9. The topological polar surface area (TPSA) is 44.1 Å². The molecule has 0 amide bonds. The van der Waals surface area contributed by atoms with Gasteiger partial charge in [0, 0.05) is 18.9 Å². The molecule has 1 fully saturated rings. The molecular formula is C18H30N2O2. The zero-order valence-corrected chi connectivity index (χ0v) is 13.9. The van der Waals surface area contributed by atoms with Crippen LogP contribution in [0.15, 0.2) is 18.7 Å². The van der Waals surface area contributed by atoms with Crippen LogP contribution in [-0.4, -0.2) is 22.1 Å². The van der Waals surface area contributed by atoms with E-state index in [1.807, 2.05) is 25.6 Å². The van der Waals surface area contributed by atoms with Crippen molar-refractivity contribution in [1.82, 2.24) is 9.55 Å². The fourth-order valence-corrected chi connectivity index (χ4v) is 3.60. The molecule has 1 aromatic rings. The van der Waals surface area contributed by atoms with Crippen LogP contribution in [-0.2, 0) is 16.1 Å². The van der Waals surface area contributed by atoms with Gasteiger partial charge in [-0.25, -0.2) is 4.98 Å².